The average molecular weight is 277 g/mol. The predicted molar refractivity (Wildman–Crippen MR) is 85.9 cm³/mol. The van der Waals surface area contributed by atoms with Crippen molar-refractivity contribution in [3.8, 4) is 0 Å². The molecule has 0 saturated carbocycles. The highest BCUT2D eigenvalue weighted by molar-refractivity contribution is 7.80. The van der Waals surface area contributed by atoms with E-state index < -0.39 is 0 Å². The summed E-state index contributed by atoms with van der Waals surface area (Å²) in [6.07, 6.45) is 3.94. The maximum absolute atomic E-state index is 5.67. The molecule has 0 unspecified atom stereocenters. The van der Waals surface area contributed by atoms with E-state index in [1.807, 2.05) is 12.1 Å². The van der Waals surface area contributed by atoms with Crippen LogP contribution in [0.5, 0.6) is 0 Å². The first-order valence-corrected chi connectivity index (χ1v) is 7.41. The molecule has 4 heteroatoms. The van der Waals surface area contributed by atoms with E-state index in [1.54, 1.807) is 0 Å². The molecule has 1 heterocycles. The van der Waals surface area contributed by atoms with Crippen molar-refractivity contribution in [3.05, 3.63) is 29.8 Å². The van der Waals surface area contributed by atoms with E-state index in [0.717, 1.165) is 12.1 Å². The Hall–Kier alpha value is -1.13. The summed E-state index contributed by atoms with van der Waals surface area (Å²) in [5.41, 5.74) is 7.80. The Morgan fingerprint density at radius 3 is 2.79 bits per heavy atom. The zero-order valence-corrected chi connectivity index (χ0v) is 12.5. The Kier molecular flexibility index (Phi) is 5.16. The molecule has 0 amide bonds. The van der Waals surface area contributed by atoms with Gasteiger partial charge in [0.05, 0.1) is 0 Å². The molecule has 1 aliphatic rings. The van der Waals surface area contributed by atoms with Crippen molar-refractivity contribution in [1.82, 2.24) is 4.90 Å². The van der Waals surface area contributed by atoms with E-state index in [1.165, 1.54) is 44.6 Å². The lowest BCUT2D eigenvalue weighted by atomic mass is 10.2. The molecule has 0 spiro atoms. The Bertz CT molecular complexity index is 427. The molecule has 2 N–H and O–H groups in total. The molecular formula is C15H23N3S. The van der Waals surface area contributed by atoms with Crippen LogP contribution in [0.1, 0.15) is 24.8 Å². The lowest BCUT2D eigenvalue weighted by Crippen LogP contribution is -2.26. The highest BCUT2D eigenvalue weighted by Gasteiger charge is 2.11. The van der Waals surface area contributed by atoms with E-state index in [2.05, 4.69) is 29.0 Å². The van der Waals surface area contributed by atoms with Crippen LogP contribution in [0.25, 0.3) is 0 Å². The van der Waals surface area contributed by atoms with Gasteiger partial charge in [0.25, 0.3) is 0 Å². The third kappa shape index (κ3) is 4.18. The quantitative estimate of drug-likeness (QED) is 0.808. The van der Waals surface area contributed by atoms with Gasteiger partial charge >= 0.3 is 0 Å². The standard InChI is InChI=1S/C15H23N3S/c1-17(8-5-11-18-9-2-3-10-18)14-7-4-6-13(12-14)15(16)19/h4,6-7,12H,2-3,5,8-11H2,1H3,(H2,16,19). The fraction of sp³-hybridized carbons (Fsp3) is 0.533. The molecule has 0 aromatic heterocycles. The van der Waals surface area contributed by atoms with Crippen LogP contribution in [-0.4, -0.2) is 43.1 Å². The minimum absolute atomic E-state index is 0.465. The van der Waals surface area contributed by atoms with Crippen molar-refractivity contribution < 1.29 is 0 Å². The highest BCUT2D eigenvalue weighted by Crippen LogP contribution is 2.15. The first kappa shape index (κ1) is 14.3. The number of nitrogens with zero attached hydrogens (tertiary/aromatic N) is 2. The number of anilines is 1. The summed E-state index contributed by atoms with van der Waals surface area (Å²) < 4.78 is 0. The van der Waals surface area contributed by atoms with E-state index >= 15 is 0 Å². The molecule has 3 nitrogen and oxygen atoms in total. The second-order valence-electron chi connectivity index (χ2n) is 5.24. The van der Waals surface area contributed by atoms with Crippen LogP contribution >= 0.6 is 12.2 Å². The predicted octanol–water partition coefficient (Wildman–Crippen LogP) is 2.24. The third-order valence-electron chi connectivity index (χ3n) is 3.74. The minimum atomic E-state index is 0.465. The first-order chi connectivity index (χ1) is 9.16. The Labute approximate surface area is 121 Å². The van der Waals surface area contributed by atoms with Gasteiger partial charge in [-0.15, -0.1) is 0 Å². The number of hydrogen-bond donors (Lipinski definition) is 1. The smallest absolute Gasteiger partial charge is 0.104 e. The first-order valence-electron chi connectivity index (χ1n) is 7.00. The van der Waals surface area contributed by atoms with Gasteiger partial charge in [-0.1, -0.05) is 24.4 Å². The van der Waals surface area contributed by atoms with E-state index in [9.17, 15) is 0 Å². The van der Waals surface area contributed by atoms with Gasteiger partial charge in [-0.25, -0.2) is 0 Å². The number of nitrogens with two attached hydrogens (primary N) is 1. The average Bonchev–Trinajstić information content (AvgIpc) is 2.92. The van der Waals surface area contributed by atoms with Gasteiger partial charge in [-0.05, 0) is 51.0 Å². The van der Waals surface area contributed by atoms with Gasteiger partial charge in [-0.2, -0.15) is 0 Å². The second-order valence-corrected chi connectivity index (χ2v) is 5.68. The SMILES string of the molecule is CN(CCCN1CCCC1)c1cccc(C(N)=S)c1. The third-order valence-corrected chi connectivity index (χ3v) is 3.97. The topological polar surface area (TPSA) is 32.5 Å². The molecule has 0 aliphatic carbocycles. The van der Waals surface area contributed by atoms with Crippen LogP contribution in [0.3, 0.4) is 0 Å². The minimum Gasteiger partial charge on any atom is -0.389 e. The highest BCUT2D eigenvalue weighted by atomic mass is 32.1. The van der Waals surface area contributed by atoms with E-state index in [0.29, 0.717) is 4.99 Å². The molecule has 0 bridgehead atoms. The summed E-state index contributed by atoms with van der Waals surface area (Å²) >= 11 is 5.02. The van der Waals surface area contributed by atoms with Crippen LogP contribution in [0.2, 0.25) is 0 Å². The van der Waals surface area contributed by atoms with E-state index in [-0.39, 0.29) is 0 Å². The summed E-state index contributed by atoms with van der Waals surface area (Å²) in [4.78, 5) is 5.30. The van der Waals surface area contributed by atoms with Crippen molar-refractivity contribution in [2.24, 2.45) is 5.73 Å². The summed E-state index contributed by atoms with van der Waals surface area (Å²) in [5, 5.41) is 0. The van der Waals surface area contributed by atoms with Crippen molar-refractivity contribution in [3.63, 3.8) is 0 Å². The number of likely N-dealkylation sites (tertiary alicyclic amines) is 1. The molecule has 0 radical (unpaired) electrons. The van der Waals surface area contributed by atoms with Crippen LogP contribution in [0.15, 0.2) is 24.3 Å². The Morgan fingerprint density at radius 2 is 2.11 bits per heavy atom. The van der Waals surface area contributed by atoms with Crippen molar-refractivity contribution in [2.75, 3.05) is 38.1 Å². The maximum Gasteiger partial charge on any atom is 0.104 e. The zero-order chi connectivity index (χ0) is 13.7. The fourth-order valence-electron chi connectivity index (χ4n) is 2.56. The largest absolute Gasteiger partial charge is 0.389 e. The van der Waals surface area contributed by atoms with Gasteiger partial charge in [0, 0.05) is 24.8 Å². The van der Waals surface area contributed by atoms with Gasteiger partial charge in [0.15, 0.2) is 0 Å². The monoisotopic (exact) mass is 277 g/mol. The second kappa shape index (κ2) is 6.87. The van der Waals surface area contributed by atoms with Crippen molar-refractivity contribution in [1.29, 1.82) is 0 Å². The van der Waals surface area contributed by atoms with Gasteiger partial charge < -0.3 is 15.5 Å². The van der Waals surface area contributed by atoms with Gasteiger partial charge in [0.1, 0.15) is 4.99 Å². The summed E-state index contributed by atoms with van der Waals surface area (Å²) in [6.45, 7) is 4.83. The number of rotatable bonds is 6. The number of benzene rings is 1. The summed E-state index contributed by atoms with van der Waals surface area (Å²) in [7, 11) is 2.13. The summed E-state index contributed by atoms with van der Waals surface area (Å²) in [5.74, 6) is 0. The molecule has 1 aromatic carbocycles. The number of hydrogen-bond acceptors (Lipinski definition) is 3. The normalized spacial score (nSPS) is 15.6. The summed E-state index contributed by atoms with van der Waals surface area (Å²) in [6, 6.07) is 8.15. The van der Waals surface area contributed by atoms with Gasteiger partial charge in [0.2, 0.25) is 0 Å². The molecule has 1 fully saturated rings. The van der Waals surface area contributed by atoms with Crippen LogP contribution < -0.4 is 10.6 Å². The molecule has 1 aromatic rings. The lowest BCUT2D eigenvalue weighted by Gasteiger charge is -2.22. The van der Waals surface area contributed by atoms with Crippen LogP contribution in [0.4, 0.5) is 5.69 Å². The molecule has 0 atom stereocenters. The maximum atomic E-state index is 5.67. The van der Waals surface area contributed by atoms with E-state index in [4.69, 9.17) is 18.0 Å². The molecule has 1 aliphatic heterocycles. The lowest BCUT2D eigenvalue weighted by molar-refractivity contribution is 0.335. The molecule has 19 heavy (non-hydrogen) atoms. The molecule has 104 valence electrons. The van der Waals surface area contributed by atoms with Crippen LogP contribution in [-0.2, 0) is 0 Å². The fourth-order valence-corrected chi connectivity index (χ4v) is 2.69. The molecule has 1 saturated heterocycles. The van der Waals surface area contributed by atoms with Gasteiger partial charge in [-0.3, -0.25) is 0 Å². The molecule has 2 rings (SSSR count). The van der Waals surface area contributed by atoms with Crippen LogP contribution in [0, 0.1) is 0 Å². The van der Waals surface area contributed by atoms with Crippen molar-refractivity contribution >= 4 is 22.9 Å². The van der Waals surface area contributed by atoms with Crippen molar-refractivity contribution in [2.45, 2.75) is 19.3 Å². The number of thiocarbonyl (C=S) groups is 1. The molecular weight excluding hydrogens is 254 g/mol. The zero-order valence-electron chi connectivity index (χ0n) is 11.6. The Balaban J connectivity index is 1.83. The Morgan fingerprint density at radius 1 is 1.37 bits per heavy atom.